The molecule has 6 nitrogen and oxygen atoms in total. The predicted molar refractivity (Wildman–Crippen MR) is 140 cm³/mol. The van der Waals surface area contributed by atoms with Crippen molar-refractivity contribution in [3.8, 4) is 17.6 Å². The van der Waals surface area contributed by atoms with Gasteiger partial charge in [-0.05, 0) is 56.4 Å². The smallest absolute Gasteiger partial charge is 0.232 e. The van der Waals surface area contributed by atoms with Crippen LogP contribution in [0, 0.1) is 11.3 Å². The van der Waals surface area contributed by atoms with Gasteiger partial charge in [-0.2, -0.15) is 5.26 Å². The number of phenols is 1. The number of hydrogen-bond donors (Lipinski definition) is 2. The van der Waals surface area contributed by atoms with Crippen molar-refractivity contribution >= 4 is 5.91 Å². The number of ether oxygens (including phenoxy) is 1. The van der Waals surface area contributed by atoms with Crippen LogP contribution in [0.1, 0.15) is 49.8 Å². The molecule has 1 unspecified atom stereocenters. The molecule has 1 aliphatic heterocycles. The van der Waals surface area contributed by atoms with Gasteiger partial charge in [-0.3, -0.25) is 9.69 Å². The lowest BCUT2D eigenvalue weighted by Gasteiger charge is -2.40. The minimum Gasteiger partial charge on any atom is -0.508 e. The Labute approximate surface area is 212 Å². The van der Waals surface area contributed by atoms with Crippen LogP contribution >= 0.6 is 0 Å². The van der Waals surface area contributed by atoms with Gasteiger partial charge in [-0.15, -0.1) is 0 Å². The van der Waals surface area contributed by atoms with Crippen LogP contribution in [0.5, 0.6) is 11.5 Å². The summed E-state index contributed by atoms with van der Waals surface area (Å²) in [5.41, 5.74) is 7.18. The molecule has 1 aliphatic rings. The number of carbonyl (C=O) groups excluding carboxylic acids is 1. The zero-order valence-corrected chi connectivity index (χ0v) is 20.9. The molecule has 36 heavy (non-hydrogen) atoms. The van der Waals surface area contributed by atoms with Crippen molar-refractivity contribution in [2.45, 2.75) is 50.2 Å². The molecule has 0 aliphatic carbocycles. The lowest BCUT2D eigenvalue weighted by atomic mass is 9.69. The Bertz CT molecular complexity index is 1200. The molecule has 3 aromatic carbocycles. The van der Waals surface area contributed by atoms with Crippen molar-refractivity contribution < 1.29 is 14.6 Å². The van der Waals surface area contributed by atoms with Crippen LogP contribution in [-0.2, 0) is 10.2 Å². The fourth-order valence-corrected chi connectivity index (χ4v) is 5.24. The number of rotatable bonds is 9. The molecule has 3 N–H and O–H groups in total. The predicted octanol–water partition coefficient (Wildman–Crippen LogP) is 4.75. The van der Waals surface area contributed by atoms with E-state index in [0.29, 0.717) is 24.3 Å². The maximum absolute atomic E-state index is 13.1. The molecule has 1 heterocycles. The Kier molecular flexibility index (Phi) is 7.32. The summed E-state index contributed by atoms with van der Waals surface area (Å²) in [6, 6.07) is 26.3. The number of phenolic OH excluding ortho intramolecular Hbond substituents is 1. The zero-order valence-electron chi connectivity index (χ0n) is 20.9. The molecule has 0 radical (unpaired) electrons. The van der Waals surface area contributed by atoms with Gasteiger partial charge in [0.25, 0.3) is 0 Å². The van der Waals surface area contributed by atoms with E-state index in [9.17, 15) is 9.90 Å². The monoisotopic (exact) mass is 483 g/mol. The standard InChI is InChI=1S/C30H33N3O3/c1-29(2,33-16-13-26(21-33)36-27-18-22(20-31)17-25(34)19-27)14-15-30(28(32)35,23-9-5-3-6-10-23)24-11-7-4-8-12-24/h3-12,17-19,26,34H,13-16,21H2,1-2H3,(H2,32,35). The number of benzene rings is 3. The van der Waals surface area contributed by atoms with Crippen LogP contribution in [0.3, 0.4) is 0 Å². The molecule has 0 saturated carbocycles. The van der Waals surface area contributed by atoms with Crippen molar-refractivity contribution in [1.29, 1.82) is 5.26 Å². The Morgan fingerprint density at radius 2 is 1.67 bits per heavy atom. The van der Waals surface area contributed by atoms with Crippen molar-refractivity contribution in [2.24, 2.45) is 5.73 Å². The molecule has 186 valence electrons. The number of nitrogens with zero attached hydrogens (tertiary/aromatic N) is 2. The third kappa shape index (κ3) is 5.22. The second-order valence-electron chi connectivity index (χ2n) is 10.1. The van der Waals surface area contributed by atoms with Crippen molar-refractivity contribution in [3.63, 3.8) is 0 Å². The van der Waals surface area contributed by atoms with Crippen LogP contribution < -0.4 is 10.5 Å². The van der Waals surface area contributed by atoms with Gasteiger partial charge < -0.3 is 15.6 Å². The molecule has 1 saturated heterocycles. The SMILES string of the molecule is CC(C)(CCC(C(N)=O)(c1ccccc1)c1ccccc1)N1CCC(Oc2cc(O)cc(C#N)c2)C1. The van der Waals surface area contributed by atoms with Crippen LogP contribution in [-0.4, -0.2) is 40.6 Å². The summed E-state index contributed by atoms with van der Waals surface area (Å²) in [6.07, 6.45) is 2.10. The maximum atomic E-state index is 13.1. The molecule has 4 rings (SSSR count). The molecule has 0 bridgehead atoms. The number of amides is 1. The number of likely N-dealkylation sites (tertiary alicyclic amines) is 1. The highest BCUT2D eigenvalue weighted by Crippen LogP contribution is 2.40. The first kappa shape index (κ1) is 25.3. The lowest BCUT2D eigenvalue weighted by Crippen LogP contribution is -2.47. The Balaban J connectivity index is 1.52. The summed E-state index contributed by atoms with van der Waals surface area (Å²) < 4.78 is 6.12. The lowest BCUT2D eigenvalue weighted by molar-refractivity contribution is -0.122. The average Bonchev–Trinajstić information content (AvgIpc) is 3.34. The summed E-state index contributed by atoms with van der Waals surface area (Å²) in [5.74, 6) is 0.163. The highest BCUT2D eigenvalue weighted by Gasteiger charge is 2.43. The van der Waals surface area contributed by atoms with E-state index in [1.165, 1.54) is 12.1 Å². The van der Waals surface area contributed by atoms with E-state index >= 15 is 0 Å². The Morgan fingerprint density at radius 3 is 2.22 bits per heavy atom. The number of nitriles is 1. The normalized spacial score (nSPS) is 16.4. The highest BCUT2D eigenvalue weighted by molar-refractivity contribution is 5.90. The molecular weight excluding hydrogens is 450 g/mol. The molecule has 0 spiro atoms. The van der Waals surface area contributed by atoms with E-state index in [-0.39, 0.29) is 23.3 Å². The minimum atomic E-state index is -0.926. The Hall–Kier alpha value is -3.82. The molecule has 1 amide bonds. The summed E-state index contributed by atoms with van der Waals surface area (Å²) in [7, 11) is 0. The molecule has 3 aromatic rings. The quantitative estimate of drug-likeness (QED) is 0.458. The number of aromatic hydroxyl groups is 1. The van der Waals surface area contributed by atoms with Gasteiger partial charge in [-0.1, -0.05) is 60.7 Å². The highest BCUT2D eigenvalue weighted by atomic mass is 16.5. The van der Waals surface area contributed by atoms with Crippen LogP contribution in [0.2, 0.25) is 0 Å². The summed E-state index contributed by atoms with van der Waals surface area (Å²) in [4.78, 5) is 15.5. The topological polar surface area (TPSA) is 99.6 Å². The first-order valence-electron chi connectivity index (χ1n) is 12.3. The van der Waals surface area contributed by atoms with E-state index < -0.39 is 5.41 Å². The van der Waals surface area contributed by atoms with Gasteiger partial charge in [0.1, 0.15) is 17.6 Å². The van der Waals surface area contributed by atoms with Gasteiger partial charge in [0.2, 0.25) is 5.91 Å². The van der Waals surface area contributed by atoms with E-state index in [0.717, 1.165) is 30.5 Å². The van der Waals surface area contributed by atoms with Gasteiger partial charge in [0, 0.05) is 24.7 Å². The molecule has 0 aromatic heterocycles. The van der Waals surface area contributed by atoms with Crippen LogP contribution in [0.15, 0.2) is 78.9 Å². The number of nitrogens with two attached hydrogens (primary N) is 1. The first-order chi connectivity index (χ1) is 17.2. The number of hydrogen-bond acceptors (Lipinski definition) is 5. The summed E-state index contributed by atoms with van der Waals surface area (Å²) >= 11 is 0. The maximum Gasteiger partial charge on any atom is 0.232 e. The third-order valence-corrected chi connectivity index (χ3v) is 7.39. The minimum absolute atomic E-state index is 0.0175. The van der Waals surface area contributed by atoms with E-state index in [2.05, 4.69) is 18.7 Å². The number of carbonyl (C=O) groups is 1. The molecule has 1 atom stereocenters. The van der Waals surface area contributed by atoms with Crippen molar-refractivity contribution in [3.05, 3.63) is 95.6 Å². The van der Waals surface area contributed by atoms with Gasteiger partial charge >= 0.3 is 0 Å². The summed E-state index contributed by atoms with van der Waals surface area (Å²) in [5, 5.41) is 19.0. The molecular formula is C30H33N3O3. The fraction of sp³-hybridized carbons (Fsp3) is 0.333. The molecule has 6 heteroatoms. The first-order valence-corrected chi connectivity index (χ1v) is 12.3. The van der Waals surface area contributed by atoms with Gasteiger partial charge in [-0.25, -0.2) is 0 Å². The van der Waals surface area contributed by atoms with Crippen LogP contribution in [0.25, 0.3) is 0 Å². The average molecular weight is 484 g/mol. The van der Waals surface area contributed by atoms with E-state index in [4.69, 9.17) is 15.7 Å². The largest absolute Gasteiger partial charge is 0.508 e. The Morgan fingerprint density at radius 1 is 1.06 bits per heavy atom. The zero-order chi connectivity index (χ0) is 25.8. The summed E-state index contributed by atoms with van der Waals surface area (Å²) in [6.45, 7) is 5.95. The second-order valence-corrected chi connectivity index (χ2v) is 10.1. The second kappa shape index (κ2) is 10.4. The van der Waals surface area contributed by atoms with Crippen molar-refractivity contribution in [1.82, 2.24) is 4.90 Å². The van der Waals surface area contributed by atoms with Gasteiger partial charge in [0.05, 0.1) is 17.0 Å². The van der Waals surface area contributed by atoms with Crippen LogP contribution in [0.4, 0.5) is 0 Å². The third-order valence-electron chi connectivity index (χ3n) is 7.39. The van der Waals surface area contributed by atoms with E-state index in [1.54, 1.807) is 6.07 Å². The van der Waals surface area contributed by atoms with Crippen molar-refractivity contribution in [2.75, 3.05) is 13.1 Å². The van der Waals surface area contributed by atoms with E-state index in [1.807, 2.05) is 66.7 Å². The molecule has 1 fully saturated rings. The van der Waals surface area contributed by atoms with Gasteiger partial charge in [0.15, 0.2) is 0 Å². The number of primary amides is 1. The fourth-order valence-electron chi connectivity index (χ4n) is 5.24.